The first kappa shape index (κ1) is 17.9. The van der Waals surface area contributed by atoms with Crippen molar-refractivity contribution < 1.29 is 15.0 Å². The van der Waals surface area contributed by atoms with Crippen LogP contribution in [0.4, 0.5) is 0 Å². The van der Waals surface area contributed by atoms with E-state index in [9.17, 15) is 15.0 Å². The smallest absolute Gasteiger partial charge is 0.321 e. The Balaban J connectivity index is 1.79. The fraction of sp³-hybridized carbons (Fsp3) is 0.500. The van der Waals surface area contributed by atoms with E-state index in [4.69, 9.17) is 0 Å². The van der Waals surface area contributed by atoms with Crippen LogP contribution in [0.1, 0.15) is 51.0 Å². The number of carboxylic acids is 1. The number of hydrogen-bond acceptors (Lipinski definition) is 2. The molecular weight excluding hydrogens is 312 g/mol. The van der Waals surface area contributed by atoms with Gasteiger partial charge in [0.25, 0.3) is 0 Å². The van der Waals surface area contributed by atoms with Crippen LogP contribution in [0.2, 0.25) is 0 Å². The number of aliphatic carboxylic acids is 1. The summed E-state index contributed by atoms with van der Waals surface area (Å²) >= 11 is 0. The van der Waals surface area contributed by atoms with Gasteiger partial charge in [-0.25, -0.2) is 0 Å². The van der Waals surface area contributed by atoms with E-state index >= 15 is 0 Å². The molecule has 1 aromatic rings. The first-order valence-electron chi connectivity index (χ1n) is 9.42. The zero-order chi connectivity index (χ0) is 17.9. The lowest BCUT2D eigenvalue weighted by Crippen LogP contribution is -2.42. The van der Waals surface area contributed by atoms with Crippen LogP contribution in [0.15, 0.2) is 54.6 Å². The van der Waals surface area contributed by atoms with Crippen LogP contribution in [0.5, 0.6) is 0 Å². The van der Waals surface area contributed by atoms with Crippen LogP contribution < -0.4 is 0 Å². The number of aliphatic hydroxyl groups is 1. The Kier molecular flexibility index (Phi) is 5.14. The lowest BCUT2D eigenvalue weighted by atomic mass is 9.67. The molecule has 3 nitrogen and oxygen atoms in total. The second-order valence-corrected chi connectivity index (χ2v) is 7.60. The summed E-state index contributed by atoms with van der Waals surface area (Å²) in [4.78, 5) is 12.0. The van der Waals surface area contributed by atoms with Crippen LogP contribution in [0, 0.1) is 11.8 Å². The molecule has 2 aliphatic rings. The molecule has 1 saturated carbocycles. The fourth-order valence-corrected chi connectivity index (χ4v) is 4.41. The SMILES string of the molecule is CCCC1CCC([C@]2(O)C=C[C@](C(=O)O)(c3ccccc3)C=C2)CC1. The van der Waals surface area contributed by atoms with E-state index in [0.717, 1.165) is 31.6 Å². The van der Waals surface area contributed by atoms with Gasteiger partial charge in [0.1, 0.15) is 11.0 Å². The van der Waals surface area contributed by atoms with Gasteiger partial charge in [-0.15, -0.1) is 0 Å². The van der Waals surface area contributed by atoms with Crippen molar-refractivity contribution in [2.75, 3.05) is 0 Å². The molecule has 0 saturated heterocycles. The Morgan fingerprint density at radius 3 is 2.16 bits per heavy atom. The second-order valence-electron chi connectivity index (χ2n) is 7.60. The van der Waals surface area contributed by atoms with Gasteiger partial charge < -0.3 is 10.2 Å². The maximum Gasteiger partial charge on any atom is 0.321 e. The number of carboxylic acid groups (broad SMARTS) is 1. The first-order chi connectivity index (χ1) is 12.0. The highest BCUT2D eigenvalue weighted by Gasteiger charge is 2.43. The van der Waals surface area contributed by atoms with E-state index in [1.54, 1.807) is 24.3 Å². The topological polar surface area (TPSA) is 57.5 Å². The van der Waals surface area contributed by atoms with Crippen LogP contribution in [0.3, 0.4) is 0 Å². The number of carbonyl (C=O) groups is 1. The molecule has 0 unspecified atom stereocenters. The van der Waals surface area contributed by atoms with E-state index in [2.05, 4.69) is 6.92 Å². The van der Waals surface area contributed by atoms with Gasteiger partial charge in [0.05, 0.1) is 0 Å². The average Bonchev–Trinajstić information content (AvgIpc) is 2.64. The van der Waals surface area contributed by atoms with Crippen molar-refractivity contribution in [3.63, 3.8) is 0 Å². The average molecular weight is 340 g/mol. The number of benzene rings is 1. The lowest BCUT2D eigenvalue weighted by Gasteiger charge is -2.40. The Morgan fingerprint density at radius 1 is 1.04 bits per heavy atom. The molecule has 0 aliphatic heterocycles. The van der Waals surface area contributed by atoms with Crippen molar-refractivity contribution >= 4 is 5.97 Å². The normalized spacial score (nSPS) is 34.8. The van der Waals surface area contributed by atoms with Gasteiger partial charge in [-0.3, -0.25) is 4.79 Å². The quantitative estimate of drug-likeness (QED) is 0.777. The summed E-state index contributed by atoms with van der Waals surface area (Å²) in [7, 11) is 0. The Labute approximate surface area is 150 Å². The van der Waals surface area contributed by atoms with Crippen molar-refractivity contribution in [3.05, 3.63) is 60.2 Å². The third-order valence-corrected chi connectivity index (χ3v) is 6.03. The molecule has 3 rings (SSSR count). The van der Waals surface area contributed by atoms with Gasteiger partial charge in [0, 0.05) is 0 Å². The molecule has 2 aliphatic carbocycles. The largest absolute Gasteiger partial charge is 0.480 e. The van der Waals surface area contributed by atoms with Gasteiger partial charge in [-0.05, 0) is 30.2 Å². The van der Waals surface area contributed by atoms with Crippen LogP contribution in [-0.2, 0) is 10.2 Å². The van der Waals surface area contributed by atoms with E-state index < -0.39 is 17.0 Å². The monoisotopic (exact) mass is 340 g/mol. The molecule has 0 atom stereocenters. The van der Waals surface area contributed by atoms with Crippen molar-refractivity contribution in [2.45, 2.75) is 56.5 Å². The minimum atomic E-state index is -1.19. The number of rotatable bonds is 5. The summed E-state index contributed by atoms with van der Waals surface area (Å²) in [6.45, 7) is 2.22. The minimum absolute atomic E-state index is 0.177. The predicted octanol–water partition coefficient (Wildman–Crippen LogP) is 4.47. The zero-order valence-electron chi connectivity index (χ0n) is 14.9. The minimum Gasteiger partial charge on any atom is -0.480 e. The molecule has 3 heteroatoms. The molecular formula is C22H28O3. The molecule has 25 heavy (non-hydrogen) atoms. The summed E-state index contributed by atoms with van der Waals surface area (Å²) in [5, 5.41) is 20.9. The number of hydrogen-bond donors (Lipinski definition) is 2. The highest BCUT2D eigenvalue weighted by Crippen LogP contribution is 2.42. The molecule has 0 amide bonds. The van der Waals surface area contributed by atoms with Gasteiger partial charge in [0.15, 0.2) is 0 Å². The molecule has 0 bridgehead atoms. The third-order valence-electron chi connectivity index (χ3n) is 6.03. The standard InChI is InChI=1S/C22H28O3/c1-2-6-17-9-11-19(12-10-17)22(25)15-13-21(14-16-22,20(23)24)18-7-4-3-5-8-18/h3-5,7-8,13-17,19,25H,2,6,9-12H2,1H3,(H,23,24)/t17?,19?,21-,22+. The fourth-order valence-electron chi connectivity index (χ4n) is 4.41. The van der Waals surface area contributed by atoms with Crippen LogP contribution in [-0.4, -0.2) is 21.8 Å². The van der Waals surface area contributed by atoms with Gasteiger partial charge in [-0.2, -0.15) is 0 Å². The molecule has 0 radical (unpaired) electrons. The molecule has 1 aromatic carbocycles. The van der Waals surface area contributed by atoms with Crippen molar-refractivity contribution in [1.82, 2.24) is 0 Å². The molecule has 1 fully saturated rings. The van der Waals surface area contributed by atoms with Gasteiger partial charge >= 0.3 is 5.97 Å². The molecule has 0 aromatic heterocycles. The van der Waals surface area contributed by atoms with Crippen molar-refractivity contribution in [2.24, 2.45) is 11.8 Å². The Bertz CT molecular complexity index is 637. The maximum absolute atomic E-state index is 12.0. The van der Waals surface area contributed by atoms with Crippen molar-refractivity contribution in [1.29, 1.82) is 0 Å². The summed E-state index contributed by atoms with van der Waals surface area (Å²) in [6.07, 6.45) is 13.6. The highest BCUT2D eigenvalue weighted by molar-refractivity contribution is 5.87. The van der Waals surface area contributed by atoms with E-state index in [0.29, 0.717) is 5.56 Å². The van der Waals surface area contributed by atoms with Crippen LogP contribution in [0.25, 0.3) is 0 Å². The van der Waals surface area contributed by atoms with Gasteiger partial charge in [0.2, 0.25) is 0 Å². The van der Waals surface area contributed by atoms with Crippen LogP contribution >= 0.6 is 0 Å². The third kappa shape index (κ3) is 3.43. The van der Waals surface area contributed by atoms with Gasteiger partial charge in [-0.1, -0.05) is 87.2 Å². The van der Waals surface area contributed by atoms with Crippen molar-refractivity contribution in [3.8, 4) is 0 Å². The predicted molar refractivity (Wildman–Crippen MR) is 99.3 cm³/mol. The highest BCUT2D eigenvalue weighted by atomic mass is 16.4. The first-order valence-corrected chi connectivity index (χ1v) is 9.42. The molecule has 0 heterocycles. The maximum atomic E-state index is 12.0. The van der Waals surface area contributed by atoms with E-state index in [-0.39, 0.29) is 5.92 Å². The summed E-state index contributed by atoms with van der Waals surface area (Å²) in [5.74, 6) is 0.0411. The van der Waals surface area contributed by atoms with E-state index in [1.165, 1.54) is 12.8 Å². The second kappa shape index (κ2) is 7.17. The Morgan fingerprint density at radius 2 is 1.64 bits per heavy atom. The molecule has 2 N–H and O–H groups in total. The molecule has 0 spiro atoms. The Hall–Kier alpha value is -1.87. The zero-order valence-corrected chi connectivity index (χ0v) is 14.9. The van der Waals surface area contributed by atoms with E-state index in [1.807, 2.05) is 30.3 Å². The summed E-state index contributed by atoms with van der Waals surface area (Å²) in [5.41, 5.74) is -1.50. The summed E-state index contributed by atoms with van der Waals surface area (Å²) < 4.78 is 0. The molecule has 134 valence electrons. The summed E-state index contributed by atoms with van der Waals surface area (Å²) in [6, 6.07) is 9.21. The lowest BCUT2D eigenvalue weighted by molar-refractivity contribution is -0.140.